The molecule has 0 aliphatic heterocycles. The molecule has 2 rings (SSSR count). The van der Waals surface area contributed by atoms with Gasteiger partial charge in [-0.2, -0.15) is 0 Å². The number of H-pyrrole nitrogens is 1. The van der Waals surface area contributed by atoms with Crippen molar-refractivity contribution in [1.29, 1.82) is 0 Å². The molecule has 0 saturated heterocycles. The fourth-order valence-corrected chi connectivity index (χ4v) is 1.83. The third-order valence-corrected chi connectivity index (χ3v) is 2.53. The SMILES string of the molecule is Cc1nc2[nH]ccc2cc1C(C)(C)C. The molecular weight excluding hydrogens is 172 g/mol. The molecule has 2 nitrogen and oxygen atoms in total. The minimum Gasteiger partial charge on any atom is -0.346 e. The summed E-state index contributed by atoms with van der Waals surface area (Å²) >= 11 is 0. The van der Waals surface area contributed by atoms with Gasteiger partial charge in [0.25, 0.3) is 0 Å². The number of aromatic amines is 1. The van der Waals surface area contributed by atoms with Gasteiger partial charge in [0.2, 0.25) is 0 Å². The first-order valence-electron chi connectivity index (χ1n) is 4.94. The fraction of sp³-hybridized carbons (Fsp3) is 0.417. The Morgan fingerprint density at radius 3 is 2.64 bits per heavy atom. The second-order valence-corrected chi connectivity index (χ2v) is 4.79. The number of fused-ring (bicyclic) bond motifs is 1. The third-order valence-electron chi connectivity index (χ3n) is 2.53. The number of aromatic nitrogens is 2. The Hall–Kier alpha value is -1.31. The molecule has 2 aromatic heterocycles. The van der Waals surface area contributed by atoms with Gasteiger partial charge >= 0.3 is 0 Å². The van der Waals surface area contributed by atoms with Crippen molar-refractivity contribution in [2.45, 2.75) is 33.1 Å². The van der Waals surface area contributed by atoms with E-state index in [4.69, 9.17) is 0 Å². The zero-order valence-electron chi connectivity index (χ0n) is 9.18. The first-order chi connectivity index (χ1) is 6.48. The van der Waals surface area contributed by atoms with Gasteiger partial charge in [0.15, 0.2) is 0 Å². The van der Waals surface area contributed by atoms with Crippen LogP contribution in [0.3, 0.4) is 0 Å². The summed E-state index contributed by atoms with van der Waals surface area (Å²) in [5, 5.41) is 1.19. The molecule has 1 N–H and O–H groups in total. The van der Waals surface area contributed by atoms with E-state index in [-0.39, 0.29) is 5.41 Å². The number of hydrogen-bond donors (Lipinski definition) is 1. The molecule has 2 heterocycles. The minimum atomic E-state index is 0.169. The van der Waals surface area contributed by atoms with E-state index in [1.807, 2.05) is 6.20 Å². The maximum absolute atomic E-state index is 4.55. The maximum Gasteiger partial charge on any atom is 0.137 e. The Morgan fingerprint density at radius 1 is 1.29 bits per heavy atom. The van der Waals surface area contributed by atoms with Crippen molar-refractivity contribution in [3.63, 3.8) is 0 Å². The van der Waals surface area contributed by atoms with Gasteiger partial charge in [-0.3, -0.25) is 0 Å². The Morgan fingerprint density at radius 2 is 2.00 bits per heavy atom. The Balaban J connectivity index is 2.71. The van der Waals surface area contributed by atoms with Crippen LogP contribution in [0.25, 0.3) is 11.0 Å². The number of aryl methyl sites for hydroxylation is 1. The molecular formula is C12H16N2. The van der Waals surface area contributed by atoms with E-state index in [1.165, 1.54) is 10.9 Å². The molecule has 0 atom stereocenters. The van der Waals surface area contributed by atoms with Gasteiger partial charge in [0.05, 0.1) is 0 Å². The third kappa shape index (κ3) is 1.41. The van der Waals surface area contributed by atoms with Gasteiger partial charge in [0, 0.05) is 17.3 Å². The van der Waals surface area contributed by atoms with E-state index in [2.05, 4.69) is 49.8 Å². The van der Waals surface area contributed by atoms with Crippen LogP contribution < -0.4 is 0 Å². The zero-order valence-corrected chi connectivity index (χ0v) is 9.18. The molecule has 0 radical (unpaired) electrons. The maximum atomic E-state index is 4.55. The lowest BCUT2D eigenvalue weighted by atomic mass is 9.86. The number of rotatable bonds is 0. The highest BCUT2D eigenvalue weighted by Gasteiger charge is 2.17. The van der Waals surface area contributed by atoms with E-state index < -0.39 is 0 Å². The standard InChI is InChI=1S/C12H16N2/c1-8-10(12(2,3)4)7-9-5-6-13-11(9)14-8/h5-7H,1-4H3,(H,13,14). The molecule has 0 spiro atoms. The predicted molar refractivity (Wildman–Crippen MR) is 59.5 cm³/mol. The average molecular weight is 188 g/mol. The van der Waals surface area contributed by atoms with E-state index in [0.29, 0.717) is 0 Å². The summed E-state index contributed by atoms with van der Waals surface area (Å²) in [6, 6.07) is 4.30. The van der Waals surface area contributed by atoms with Crippen molar-refractivity contribution in [1.82, 2.24) is 9.97 Å². The summed E-state index contributed by atoms with van der Waals surface area (Å²) < 4.78 is 0. The van der Waals surface area contributed by atoms with Gasteiger partial charge < -0.3 is 4.98 Å². The summed E-state index contributed by atoms with van der Waals surface area (Å²) in [5.41, 5.74) is 3.59. The van der Waals surface area contributed by atoms with E-state index in [1.54, 1.807) is 0 Å². The highest BCUT2D eigenvalue weighted by atomic mass is 14.8. The minimum absolute atomic E-state index is 0.169. The molecule has 0 bridgehead atoms. The normalized spacial score (nSPS) is 12.3. The summed E-state index contributed by atoms with van der Waals surface area (Å²) in [4.78, 5) is 7.67. The zero-order chi connectivity index (χ0) is 10.3. The van der Waals surface area contributed by atoms with Crippen molar-refractivity contribution in [3.05, 3.63) is 29.6 Å². The predicted octanol–water partition coefficient (Wildman–Crippen LogP) is 3.17. The highest BCUT2D eigenvalue weighted by molar-refractivity contribution is 5.76. The topological polar surface area (TPSA) is 28.7 Å². The first kappa shape index (κ1) is 9.25. The summed E-state index contributed by atoms with van der Waals surface area (Å²) in [5.74, 6) is 0. The van der Waals surface area contributed by atoms with E-state index in [9.17, 15) is 0 Å². The number of nitrogens with one attached hydrogen (secondary N) is 1. The van der Waals surface area contributed by atoms with Crippen LogP contribution in [-0.4, -0.2) is 9.97 Å². The van der Waals surface area contributed by atoms with Crippen LogP contribution in [0.2, 0.25) is 0 Å². The summed E-state index contributed by atoms with van der Waals surface area (Å²) in [6.07, 6.45) is 1.93. The monoisotopic (exact) mass is 188 g/mol. The lowest BCUT2D eigenvalue weighted by molar-refractivity contribution is 0.583. The lowest BCUT2D eigenvalue weighted by Crippen LogP contribution is -2.13. The van der Waals surface area contributed by atoms with E-state index in [0.717, 1.165) is 11.3 Å². The van der Waals surface area contributed by atoms with Crippen LogP contribution in [0.5, 0.6) is 0 Å². The molecule has 2 aromatic rings. The molecule has 0 aliphatic carbocycles. The summed E-state index contributed by atoms with van der Waals surface area (Å²) in [7, 11) is 0. The second kappa shape index (κ2) is 2.84. The van der Waals surface area contributed by atoms with Crippen LogP contribution in [0.4, 0.5) is 0 Å². The van der Waals surface area contributed by atoms with Crippen LogP contribution in [0.1, 0.15) is 32.0 Å². The van der Waals surface area contributed by atoms with Crippen molar-refractivity contribution in [2.24, 2.45) is 0 Å². The van der Waals surface area contributed by atoms with Gasteiger partial charge in [-0.05, 0) is 30.0 Å². The Kier molecular flexibility index (Phi) is 1.88. The van der Waals surface area contributed by atoms with Gasteiger partial charge in [0.1, 0.15) is 5.65 Å². The largest absolute Gasteiger partial charge is 0.346 e. The molecule has 0 fully saturated rings. The average Bonchev–Trinajstić information content (AvgIpc) is 2.47. The van der Waals surface area contributed by atoms with Crippen molar-refractivity contribution < 1.29 is 0 Å². The van der Waals surface area contributed by atoms with E-state index >= 15 is 0 Å². The van der Waals surface area contributed by atoms with Crippen molar-refractivity contribution >= 4 is 11.0 Å². The summed E-state index contributed by atoms with van der Waals surface area (Å²) in [6.45, 7) is 8.72. The molecule has 0 aliphatic rings. The lowest BCUT2D eigenvalue weighted by Gasteiger charge is -2.20. The number of pyridine rings is 1. The molecule has 0 amide bonds. The van der Waals surface area contributed by atoms with Gasteiger partial charge in [-0.25, -0.2) is 4.98 Å². The molecule has 2 heteroatoms. The van der Waals surface area contributed by atoms with Gasteiger partial charge in [-0.15, -0.1) is 0 Å². The van der Waals surface area contributed by atoms with Crippen molar-refractivity contribution in [3.8, 4) is 0 Å². The highest BCUT2D eigenvalue weighted by Crippen LogP contribution is 2.27. The molecule has 14 heavy (non-hydrogen) atoms. The molecule has 0 unspecified atom stereocenters. The Bertz CT molecular complexity index is 461. The molecule has 0 saturated carbocycles. The van der Waals surface area contributed by atoms with Crippen molar-refractivity contribution in [2.75, 3.05) is 0 Å². The van der Waals surface area contributed by atoms with Gasteiger partial charge in [-0.1, -0.05) is 20.8 Å². The number of nitrogens with zero attached hydrogens (tertiary/aromatic N) is 1. The van der Waals surface area contributed by atoms with Crippen LogP contribution in [-0.2, 0) is 5.41 Å². The van der Waals surface area contributed by atoms with Crippen LogP contribution >= 0.6 is 0 Å². The second-order valence-electron chi connectivity index (χ2n) is 4.79. The first-order valence-corrected chi connectivity index (χ1v) is 4.94. The Labute approximate surface area is 84.4 Å². The van der Waals surface area contributed by atoms with Crippen LogP contribution in [0, 0.1) is 6.92 Å². The molecule has 74 valence electrons. The van der Waals surface area contributed by atoms with Crippen LogP contribution in [0.15, 0.2) is 18.3 Å². The fourth-order valence-electron chi connectivity index (χ4n) is 1.83. The quantitative estimate of drug-likeness (QED) is 0.676. The number of hydrogen-bond acceptors (Lipinski definition) is 1. The molecule has 0 aromatic carbocycles. The smallest absolute Gasteiger partial charge is 0.137 e.